The Hall–Kier alpha value is -0.990. The molecule has 0 aliphatic rings. The zero-order valence-electron chi connectivity index (χ0n) is 6.70. The number of thiophene rings is 1. The van der Waals surface area contributed by atoms with Gasteiger partial charge in [0, 0.05) is 5.56 Å². The van der Waals surface area contributed by atoms with Gasteiger partial charge in [-0.15, -0.1) is 11.3 Å². The Morgan fingerprint density at radius 3 is 2.54 bits per heavy atom. The summed E-state index contributed by atoms with van der Waals surface area (Å²) in [5.41, 5.74) is 0.794. The van der Waals surface area contributed by atoms with E-state index >= 15 is 0 Å². The molecule has 0 aliphatic carbocycles. The highest BCUT2D eigenvalue weighted by Gasteiger charge is 2.07. The molecular formula is C10H7ClOS. The van der Waals surface area contributed by atoms with Crippen molar-refractivity contribution in [1.82, 2.24) is 0 Å². The second-order valence-corrected chi connectivity index (χ2v) is 3.94. The van der Waals surface area contributed by atoms with Crippen LogP contribution in [0.5, 0.6) is 5.75 Å². The second-order valence-electron chi connectivity index (χ2n) is 2.61. The molecule has 0 fully saturated rings. The average Bonchev–Trinajstić information content (AvgIpc) is 2.52. The molecule has 0 radical (unpaired) electrons. The molecule has 3 heteroatoms. The van der Waals surface area contributed by atoms with Crippen LogP contribution < -0.4 is 0 Å². The first-order valence-electron chi connectivity index (χ1n) is 3.80. The minimum absolute atomic E-state index is 0.270. The van der Waals surface area contributed by atoms with Crippen LogP contribution in [-0.4, -0.2) is 5.11 Å². The molecule has 2 rings (SSSR count). The van der Waals surface area contributed by atoms with Gasteiger partial charge in [0.1, 0.15) is 5.75 Å². The van der Waals surface area contributed by atoms with Crippen LogP contribution >= 0.6 is 22.9 Å². The van der Waals surface area contributed by atoms with Gasteiger partial charge in [-0.25, -0.2) is 0 Å². The number of hydrogen-bond acceptors (Lipinski definition) is 2. The smallest absolute Gasteiger partial charge is 0.124 e. The number of rotatable bonds is 1. The predicted octanol–water partition coefficient (Wildman–Crippen LogP) is 3.77. The van der Waals surface area contributed by atoms with Crippen LogP contribution in [0.4, 0.5) is 0 Å². The first-order valence-corrected chi connectivity index (χ1v) is 5.06. The monoisotopic (exact) mass is 210 g/mol. The quantitative estimate of drug-likeness (QED) is 0.760. The van der Waals surface area contributed by atoms with Gasteiger partial charge in [-0.05, 0) is 23.6 Å². The topological polar surface area (TPSA) is 20.2 Å². The Labute approximate surface area is 85.2 Å². The first-order chi connectivity index (χ1) is 6.29. The maximum Gasteiger partial charge on any atom is 0.124 e. The molecule has 0 atom stereocenters. The van der Waals surface area contributed by atoms with Crippen molar-refractivity contribution in [1.29, 1.82) is 0 Å². The van der Waals surface area contributed by atoms with Gasteiger partial charge in [-0.2, -0.15) is 0 Å². The Morgan fingerprint density at radius 2 is 1.92 bits per heavy atom. The van der Waals surface area contributed by atoms with Crippen molar-refractivity contribution in [3.8, 4) is 16.2 Å². The molecule has 0 amide bonds. The van der Waals surface area contributed by atoms with Gasteiger partial charge in [0.15, 0.2) is 0 Å². The number of para-hydroxylation sites is 1. The highest BCUT2D eigenvalue weighted by Crippen LogP contribution is 2.37. The fourth-order valence-corrected chi connectivity index (χ4v) is 2.35. The van der Waals surface area contributed by atoms with Gasteiger partial charge in [0.2, 0.25) is 0 Å². The van der Waals surface area contributed by atoms with E-state index in [2.05, 4.69) is 0 Å². The Kier molecular flexibility index (Phi) is 2.25. The van der Waals surface area contributed by atoms with E-state index in [0.717, 1.165) is 10.4 Å². The highest BCUT2D eigenvalue weighted by atomic mass is 35.5. The van der Waals surface area contributed by atoms with Crippen LogP contribution in [0.1, 0.15) is 0 Å². The Bertz CT molecular complexity index is 422. The van der Waals surface area contributed by atoms with Crippen molar-refractivity contribution >= 4 is 22.9 Å². The summed E-state index contributed by atoms with van der Waals surface area (Å²) in [6.45, 7) is 0. The molecule has 1 aromatic carbocycles. The Balaban J connectivity index is 2.59. The van der Waals surface area contributed by atoms with E-state index in [-0.39, 0.29) is 5.75 Å². The molecule has 1 aromatic heterocycles. The van der Waals surface area contributed by atoms with Gasteiger partial charge in [-0.3, -0.25) is 0 Å². The fourth-order valence-electron chi connectivity index (χ4n) is 1.15. The zero-order valence-corrected chi connectivity index (χ0v) is 8.27. The second kappa shape index (κ2) is 3.40. The number of phenolic OH excluding ortho intramolecular Hbond substituents is 1. The molecule has 1 nitrogen and oxygen atoms in total. The lowest BCUT2D eigenvalue weighted by molar-refractivity contribution is 0.477. The lowest BCUT2D eigenvalue weighted by Crippen LogP contribution is -1.73. The van der Waals surface area contributed by atoms with Crippen molar-refractivity contribution in [2.24, 2.45) is 0 Å². The minimum Gasteiger partial charge on any atom is -0.507 e. The third kappa shape index (κ3) is 1.55. The van der Waals surface area contributed by atoms with Crippen molar-refractivity contribution in [3.63, 3.8) is 0 Å². The van der Waals surface area contributed by atoms with Crippen molar-refractivity contribution in [2.75, 3.05) is 0 Å². The molecule has 0 unspecified atom stereocenters. The molecule has 0 saturated heterocycles. The molecule has 1 N–H and O–H groups in total. The van der Waals surface area contributed by atoms with E-state index in [4.69, 9.17) is 11.6 Å². The minimum atomic E-state index is 0.270. The standard InChI is InChI=1S/C10H7ClOS/c11-8-5-6-13-10(8)7-3-1-2-4-9(7)12/h1-6,12H. The van der Waals surface area contributed by atoms with Crippen LogP contribution in [-0.2, 0) is 0 Å². The lowest BCUT2D eigenvalue weighted by atomic mass is 10.2. The fraction of sp³-hybridized carbons (Fsp3) is 0. The van der Waals surface area contributed by atoms with Gasteiger partial charge in [-0.1, -0.05) is 23.7 Å². The van der Waals surface area contributed by atoms with E-state index in [0.29, 0.717) is 5.02 Å². The number of halogens is 1. The summed E-state index contributed by atoms with van der Waals surface area (Å²) in [6, 6.07) is 9.01. The van der Waals surface area contributed by atoms with Gasteiger partial charge < -0.3 is 5.11 Å². The summed E-state index contributed by atoms with van der Waals surface area (Å²) in [4.78, 5) is 0.916. The first kappa shape index (κ1) is 8.60. The summed E-state index contributed by atoms with van der Waals surface area (Å²) < 4.78 is 0. The largest absolute Gasteiger partial charge is 0.507 e. The number of aromatic hydroxyl groups is 1. The number of phenols is 1. The van der Waals surface area contributed by atoms with Gasteiger partial charge >= 0.3 is 0 Å². The maximum atomic E-state index is 9.55. The molecule has 0 bridgehead atoms. The van der Waals surface area contributed by atoms with E-state index in [1.54, 1.807) is 12.1 Å². The highest BCUT2D eigenvalue weighted by molar-refractivity contribution is 7.14. The molecular weight excluding hydrogens is 204 g/mol. The molecule has 13 heavy (non-hydrogen) atoms. The van der Waals surface area contributed by atoms with Crippen molar-refractivity contribution in [3.05, 3.63) is 40.7 Å². The Morgan fingerprint density at radius 1 is 1.15 bits per heavy atom. The molecule has 2 aromatic rings. The third-order valence-electron chi connectivity index (χ3n) is 1.77. The summed E-state index contributed by atoms with van der Waals surface area (Å²) in [5.74, 6) is 0.270. The van der Waals surface area contributed by atoms with Crippen LogP contribution in [0.3, 0.4) is 0 Å². The van der Waals surface area contributed by atoms with E-state index in [1.807, 2.05) is 23.6 Å². The van der Waals surface area contributed by atoms with Crippen LogP contribution in [0.2, 0.25) is 5.02 Å². The maximum absolute atomic E-state index is 9.55. The number of hydrogen-bond donors (Lipinski definition) is 1. The lowest BCUT2D eigenvalue weighted by Gasteiger charge is -2.00. The molecule has 0 aliphatic heterocycles. The molecule has 0 saturated carbocycles. The van der Waals surface area contributed by atoms with E-state index in [1.165, 1.54) is 11.3 Å². The van der Waals surface area contributed by atoms with Crippen molar-refractivity contribution < 1.29 is 5.11 Å². The van der Waals surface area contributed by atoms with Crippen molar-refractivity contribution in [2.45, 2.75) is 0 Å². The zero-order chi connectivity index (χ0) is 9.26. The number of benzene rings is 1. The predicted molar refractivity (Wildman–Crippen MR) is 56.4 cm³/mol. The molecule has 1 heterocycles. The van der Waals surface area contributed by atoms with E-state index < -0.39 is 0 Å². The van der Waals surface area contributed by atoms with Gasteiger partial charge in [0.25, 0.3) is 0 Å². The summed E-state index contributed by atoms with van der Waals surface area (Å²) in [7, 11) is 0. The van der Waals surface area contributed by atoms with Gasteiger partial charge in [0.05, 0.1) is 9.90 Å². The summed E-state index contributed by atoms with van der Waals surface area (Å²) >= 11 is 7.47. The third-order valence-corrected chi connectivity index (χ3v) is 3.14. The normalized spacial score (nSPS) is 10.2. The summed E-state index contributed by atoms with van der Waals surface area (Å²) in [5, 5.41) is 12.1. The SMILES string of the molecule is Oc1ccccc1-c1sccc1Cl. The van der Waals surface area contributed by atoms with Crippen LogP contribution in [0.25, 0.3) is 10.4 Å². The van der Waals surface area contributed by atoms with Crippen LogP contribution in [0.15, 0.2) is 35.7 Å². The van der Waals surface area contributed by atoms with E-state index in [9.17, 15) is 5.11 Å². The van der Waals surface area contributed by atoms with Crippen LogP contribution in [0, 0.1) is 0 Å². The molecule has 66 valence electrons. The average molecular weight is 211 g/mol. The molecule has 0 spiro atoms. The summed E-state index contributed by atoms with van der Waals surface area (Å²) in [6.07, 6.45) is 0.